The first-order valence-corrected chi connectivity index (χ1v) is 12.4. The quantitative estimate of drug-likeness (QED) is 0.409. The minimum atomic E-state index is -3.09. The van der Waals surface area contributed by atoms with Crippen LogP contribution in [0.1, 0.15) is 18.6 Å². The van der Waals surface area contributed by atoms with Crippen molar-refractivity contribution in [2.75, 3.05) is 0 Å². The van der Waals surface area contributed by atoms with Gasteiger partial charge in [0.1, 0.15) is 0 Å². The summed E-state index contributed by atoms with van der Waals surface area (Å²) in [6, 6.07) is 43.3. The Morgan fingerprint density at radius 2 is 0.862 bits per heavy atom. The fourth-order valence-corrected chi connectivity index (χ4v) is 11.6. The van der Waals surface area contributed by atoms with Crippen molar-refractivity contribution in [3.63, 3.8) is 0 Å². The van der Waals surface area contributed by atoms with E-state index in [1.54, 1.807) is 0 Å². The van der Waals surface area contributed by atoms with E-state index in [4.69, 9.17) is 4.52 Å². The van der Waals surface area contributed by atoms with Crippen LogP contribution in [-0.4, -0.2) is 5.66 Å². The monoisotopic (exact) mass is 396 g/mol. The SMILES string of the molecule is CC1C(c2ccccc2)OP1(c1ccccc1)(c1ccccc1)c1ccccc1. The van der Waals surface area contributed by atoms with Gasteiger partial charge >= 0.3 is 173 Å². The van der Waals surface area contributed by atoms with Gasteiger partial charge in [0.05, 0.1) is 0 Å². The molecule has 0 spiro atoms. The van der Waals surface area contributed by atoms with Crippen LogP contribution >= 0.6 is 6.83 Å². The number of rotatable bonds is 4. The van der Waals surface area contributed by atoms with Crippen LogP contribution in [0.15, 0.2) is 121 Å². The molecular weight excluding hydrogens is 371 g/mol. The normalized spacial score (nSPS) is 23.3. The van der Waals surface area contributed by atoms with Crippen LogP contribution in [0.25, 0.3) is 0 Å². The van der Waals surface area contributed by atoms with Gasteiger partial charge in [0.25, 0.3) is 0 Å². The molecule has 4 aromatic rings. The van der Waals surface area contributed by atoms with Gasteiger partial charge in [-0.3, -0.25) is 0 Å². The summed E-state index contributed by atoms with van der Waals surface area (Å²) in [5, 5.41) is 3.90. The predicted molar refractivity (Wildman–Crippen MR) is 125 cm³/mol. The molecule has 1 nitrogen and oxygen atoms in total. The van der Waals surface area contributed by atoms with E-state index < -0.39 is 6.83 Å². The van der Waals surface area contributed by atoms with Crippen LogP contribution in [0.2, 0.25) is 0 Å². The number of benzene rings is 4. The molecule has 2 unspecified atom stereocenters. The van der Waals surface area contributed by atoms with Gasteiger partial charge in [-0.1, -0.05) is 0 Å². The standard InChI is InChI=1S/C27H25OP/c1-22-27(23-14-6-2-7-15-23)28-29(22,24-16-8-3-9-17-24,25-18-10-4-11-19-25)26-20-12-5-13-21-26/h2-22,27H,1H3. The number of hydrogen-bond donors (Lipinski definition) is 0. The summed E-state index contributed by atoms with van der Waals surface area (Å²) in [6.45, 7) is -0.705. The Kier molecular flexibility index (Phi) is 4.39. The molecule has 1 saturated heterocycles. The molecule has 4 aromatic carbocycles. The Balaban J connectivity index is 1.83. The second kappa shape index (κ2) is 6.95. The van der Waals surface area contributed by atoms with Gasteiger partial charge in [-0.2, -0.15) is 0 Å². The van der Waals surface area contributed by atoms with Crippen LogP contribution in [0, 0.1) is 0 Å². The van der Waals surface area contributed by atoms with Crippen molar-refractivity contribution in [1.29, 1.82) is 0 Å². The van der Waals surface area contributed by atoms with Crippen molar-refractivity contribution in [1.82, 2.24) is 0 Å². The topological polar surface area (TPSA) is 9.23 Å². The molecule has 0 aromatic heterocycles. The first kappa shape index (κ1) is 18.3. The summed E-state index contributed by atoms with van der Waals surface area (Å²) in [4.78, 5) is 0. The van der Waals surface area contributed by atoms with Crippen LogP contribution in [0.3, 0.4) is 0 Å². The van der Waals surface area contributed by atoms with Crippen molar-refractivity contribution in [2.45, 2.75) is 18.7 Å². The molecule has 0 bridgehead atoms. The van der Waals surface area contributed by atoms with Crippen molar-refractivity contribution in [3.8, 4) is 0 Å². The van der Waals surface area contributed by atoms with Crippen molar-refractivity contribution >= 4 is 22.7 Å². The second-order valence-electron chi connectivity index (χ2n) is 7.79. The molecule has 0 N–H and O–H groups in total. The molecule has 5 rings (SSSR count). The minimum absolute atomic E-state index is 0.0782. The zero-order valence-corrected chi connectivity index (χ0v) is 17.5. The molecule has 0 amide bonds. The molecule has 1 aliphatic rings. The molecule has 2 atom stereocenters. The Bertz CT molecular complexity index is 995. The fraction of sp³-hybridized carbons (Fsp3) is 0.111. The van der Waals surface area contributed by atoms with Crippen molar-refractivity contribution in [2.24, 2.45) is 0 Å². The molecule has 1 heterocycles. The summed E-state index contributed by atoms with van der Waals surface area (Å²) in [7, 11) is 0. The summed E-state index contributed by atoms with van der Waals surface area (Å²) in [5.41, 5.74) is 1.58. The van der Waals surface area contributed by atoms with Crippen LogP contribution in [0.5, 0.6) is 0 Å². The Hall–Kier alpha value is -2.73. The van der Waals surface area contributed by atoms with Crippen molar-refractivity contribution in [3.05, 3.63) is 127 Å². The first-order valence-electron chi connectivity index (χ1n) is 10.2. The number of hydrogen-bond acceptors (Lipinski definition) is 1. The molecule has 0 radical (unpaired) electrons. The van der Waals surface area contributed by atoms with Gasteiger partial charge in [0.15, 0.2) is 0 Å². The average molecular weight is 396 g/mol. The third-order valence-corrected chi connectivity index (χ3v) is 12.9. The zero-order chi connectivity index (χ0) is 19.8. The van der Waals surface area contributed by atoms with E-state index in [2.05, 4.69) is 128 Å². The molecule has 0 aliphatic carbocycles. The summed E-state index contributed by atoms with van der Waals surface area (Å²) in [6.07, 6.45) is 0.0782. The molecule has 144 valence electrons. The Labute approximate surface area is 173 Å². The summed E-state index contributed by atoms with van der Waals surface area (Å²) < 4.78 is 7.30. The molecular formula is C27H25OP. The maximum absolute atomic E-state index is 7.30. The van der Waals surface area contributed by atoms with Crippen LogP contribution < -0.4 is 15.9 Å². The van der Waals surface area contributed by atoms with E-state index in [0.717, 1.165) is 0 Å². The molecule has 0 saturated carbocycles. The van der Waals surface area contributed by atoms with E-state index in [0.29, 0.717) is 5.66 Å². The van der Waals surface area contributed by atoms with E-state index in [-0.39, 0.29) is 6.10 Å². The Morgan fingerprint density at radius 3 is 1.21 bits per heavy atom. The van der Waals surface area contributed by atoms with Gasteiger partial charge in [0, 0.05) is 0 Å². The van der Waals surface area contributed by atoms with Crippen LogP contribution in [-0.2, 0) is 4.52 Å². The summed E-state index contributed by atoms with van der Waals surface area (Å²) in [5.74, 6) is 0. The van der Waals surface area contributed by atoms with Gasteiger partial charge in [0.2, 0.25) is 0 Å². The molecule has 29 heavy (non-hydrogen) atoms. The maximum atomic E-state index is 7.30. The fourth-order valence-electron chi connectivity index (χ4n) is 5.11. The van der Waals surface area contributed by atoms with Gasteiger partial charge in [-0.25, -0.2) is 0 Å². The molecule has 1 aliphatic heterocycles. The van der Waals surface area contributed by atoms with Gasteiger partial charge < -0.3 is 0 Å². The van der Waals surface area contributed by atoms with Crippen molar-refractivity contribution < 1.29 is 4.52 Å². The third kappa shape index (κ3) is 2.42. The van der Waals surface area contributed by atoms with E-state index >= 15 is 0 Å². The molecule has 2 heteroatoms. The summed E-state index contributed by atoms with van der Waals surface area (Å²) >= 11 is 0. The third-order valence-electron chi connectivity index (χ3n) is 6.48. The predicted octanol–water partition coefficient (Wildman–Crippen LogP) is 5.59. The first-order chi connectivity index (χ1) is 14.3. The van der Waals surface area contributed by atoms with E-state index in [9.17, 15) is 0 Å². The van der Waals surface area contributed by atoms with Gasteiger partial charge in [-0.15, -0.1) is 0 Å². The Morgan fingerprint density at radius 1 is 0.517 bits per heavy atom. The molecule has 1 fully saturated rings. The van der Waals surface area contributed by atoms with Gasteiger partial charge in [-0.05, 0) is 0 Å². The second-order valence-corrected chi connectivity index (χ2v) is 12.6. The average Bonchev–Trinajstić information content (AvgIpc) is 2.82. The van der Waals surface area contributed by atoms with Crippen LogP contribution in [0.4, 0.5) is 0 Å². The van der Waals surface area contributed by atoms with E-state index in [1.807, 2.05) is 0 Å². The zero-order valence-electron chi connectivity index (χ0n) is 16.6. The van der Waals surface area contributed by atoms with E-state index in [1.165, 1.54) is 21.5 Å².